The molecule has 0 bridgehead atoms. The number of aromatic nitrogens is 2. The largest absolute Gasteiger partial charge is 0.381 e. The number of rotatable bonds is 8. The van der Waals surface area contributed by atoms with Crippen molar-refractivity contribution in [2.75, 3.05) is 27.3 Å². The number of aliphatic imine (C=N–C) groups is 1. The molecular formula is C24H38IN5O2. The molecule has 2 aromatic rings. The number of hydrogen-bond acceptors (Lipinski definition) is 4. The lowest BCUT2D eigenvalue weighted by Gasteiger charge is -2.23. The average molecular weight is 556 g/mol. The van der Waals surface area contributed by atoms with Crippen LogP contribution in [0, 0.1) is 0 Å². The van der Waals surface area contributed by atoms with E-state index in [9.17, 15) is 0 Å². The van der Waals surface area contributed by atoms with Crippen LogP contribution in [0.2, 0.25) is 0 Å². The van der Waals surface area contributed by atoms with Gasteiger partial charge in [0.05, 0.1) is 18.4 Å². The monoisotopic (exact) mass is 555 g/mol. The van der Waals surface area contributed by atoms with E-state index in [-0.39, 0.29) is 24.0 Å². The maximum atomic E-state index is 6.01. The highest BCUT2D eigenvalue weighted by Crippen LogP contribution is 2.19. The minimum absolute atomic E-state index is 0. The quantitative estimate of drug-likeness (QED) is 0.303. The molecule has 0 atom stereocenters. The van der Waals surface area contributed by atoms with Crippen LogP contribution in [-0.2, 0) is 36.2 Å². The molecule has 8 heteroatoms. The normalized spacial score (nSPS) is 15.0. The Morgan fingerprint density at radius 2 is 1.91 bits per heavy atom. The minimum atomic E-state index is 0. The van der Waals surface area contributed by atoms with Crippen LogP contribution in [0.25, 0.3) is 0 Å². The van der Waals surface area contributed by atoms with Crippen molar-refractivity contribution in [1.82, 2.24) is 20.0 Å². The lowest BCUT2D eigenvalue weighted by molar-refractivity contribution is -0.0390. The van der Waals surface area contributed by atoms with Gasteiger partial charge in [0.2, 0.25) is 0 Å². The molecule has 1 fully saturated rings. The zero-order chi connectivity index (χ0) is 22.2. The fraction of sp³-hybridized carbons (Fsp3) is 0.583. The third kappa shape index (κ3) is 7.74. The Balaban J connectivity index is 0.00000363. The molecule has 0 radical (unpaired) electrons. The summed E-state index contributed by atoms with van der Waals surface area (Å²) >= 11 is 0. The highest BCUT2D eigenvalue weighted by molar-refractivity contribution is 14.0. The highest BCUT2D eigenvalue weighted by Gasteiger charge is 2.16. The lowest BCUT2D eigenvalue weighted by atomic mass is 10.1. The summed E-state index contributed by atoms with van der Waals surface area (Å²) in [5.41, 5.74) is 4.79. The van der Waals surface area contributed by atoms with Crippen molar-refractivity contribution in [2.24, 2.45) is 12.0 Å². The third-order valence-electron chi connectivity index (χ3n) is 5.59. The first-order valence-corrected chi connectivity index (χ1v) is 11.2. The lowest BCUT2D eigenvalue weighted by Crippen LogP contribution is -2.38. The van der Waals surface area contributed by atoms with E-state index < -0.39 is 0 Å². The van der Waals surface area contributed by atoms with Crippen LogP contribution in [0.15, 0.2) is 35.5 Å². The fourth-order valence-corrected chi connectivity index (χ4v) is 3.87. The van der Waals surface area contributed by atoms with Crippen molar-refractivity contribution in [1.29, 1.82) is 0 Å². The summed E-state index contributed by atoms with van der Waals surface area (Å²) in [7, 11) is 5.85. The Kier molecular flexibility index (Phi) is 10.9. The van der Waals surface area contributed by atoms with Crippen LogP contribution in [-0.4, -0.2) is 54.1 Å². The molecule has 3 rings (SSSR count). The molecule has 1 aromatic heterocycles. The van der Waals surface area contributed by atoms with Gasteiger partial charge in [-0.1, -0.05) is 38.1 Å². The van der Waals surface area contributed by atoms with Gasteiger partial charge in [0, 0.05) is 59.2 Å². The van der Waals surface area contributed by atoms with Crippen LogP contribution in [0.5, 0.6) is 0 Å². The Bertz CT molecular complexity index is 845. The molecule has 1 aromatic carbocycles. The molecule has 0 amide bonds. The zero-order valence-electron chi connectivity index (χ0n) is 20.0. The van der Waals surface area contributed by atoms with Crippen molar-refractivity contribution in [3.63, 3.8) is 0 Å². The van der Waals surface area contributed by atoms with E-state index in [0.29, 0.717) is 18.6 Å². The number of hydrogen-bond donors (Lipinski definition) is 1. The van der Waals surface area contributed by atoms with Crippen LogP contribution < -0.4 is 5.32 Å². The number of ether oxygens (including phenoxy) is 2. The van der Waals surface area contributed by atoms with Crippen LogP contribution in [0.4, 0.5) is 0 Å². The Labute approximate surface area is 209 Å². The van der Waals surface area contributed by atoms with Gasteiger partial charge in [-0.3, -0.25) is 9.67 Å². The molecule has 0 saturated carbocycles. The molecule has 32 heavy (non-hydrogen) atoms. The van der Waals surface area contributed by atoms with Crippen molar-refractivity contribution >= 4 is 29.9 Å². The smallest absolute Gasteiger partial charge is 0.193 e. The minimum Gasteiger partial charge on any atom is -0.381 e. The molecular weight excluding hydrogens is 517 g/mol. The summed E-state index contributed by atoms with van der Waals surface area (Å²) < 4.78 is 13.3. The fourth-order valence-electron chi connectivity index (χ4n) is 3.87. The van der Waals surface area contributed by atoms with Gasteiger partial charge in [-0.15, -0.1) is 24.0 Å². The topological polar surface area (TPSA) is 63.9 Å². The van der Waals surface area contributed by atoms with Crippen LogP contribution in [0.3, 0.4) is 0 Å². The molecule has 1 saturated heterocycles. The second kappa shape index (κ2) is 13.2. The van der Waals surface area contributed by atoms with Gasteiger partial charge < -0.3 is 19.7 Å². The molecule has 0 spiro atoms. The maximum absolute atomic E-state index is 6.01. The summed E-state index contributed by atoms with van der Waals surface area (Å²) in [6.07, 6.45) is 4.41. The molecule has 2 heterocycles. The molecule has 0 aliphatic carbocycles. The number of nitrogens with zero attached hydrogens (tertiary/aromatic N) is 4. The van der Waals surface area contributed by atoms with E-state index in [1.54, 1.807) is 0 Å². The average Bonchev–Trinajstić information content (AvgIpc) is 3.14. The van der Waals surface area contributed by atoms with Gasteiger partial charge in [0.1, 0.15) is 0 Å². The number of halogens is 1. The number of nitrogens with one attached hydrogen (secondary N) is 1. The van der Waals surface area contributed by atoms with Gasteiger partial charge in [-0.2, -0.15) is 5.10 Å². The summed E-state index contributed by atoms with van der Waals surface area (Å²) in [6.45, 7) is 8.13. The second-order valence-electron chi connectivity index (χ2n) is 8.56. The zero-order valence-corrected chi connectivity index (χ0v) is 22.3. The van der Waals surface area contributed by atoms with Gasteiger partial charge >= 0.3 is 0 Å². The molecule has 7 nitrogen and oxygen atoms in total. The van der Waals surface area contributed by atoms with Crippen molar-refractivity contribution in [3.05, 3.63) is 52.8 Å². The SMILES string of the molecule is CN=C(NCc1ccc(COC2CCOCC2)cc1)N(C)Cc1cn(C)nc1C(C)C.I. The molecule has 178 valence electrons. The van der Waals surface area contributed by atoms with E-state index in [4.69, 9.17) is 9.47 Å². The number of aryl methyl sites for hydroxylation is 1. The molecule has 1 N–H and O–H groups in total. The predicted octanol–water partition coefficient (Wildman–Crippen LogP) is 4.06. The van der Waals surface area contributed by atoms with Crippen LogP contribution >= 0.6 is 24.0 Å². The first kappa shape index (κ1) is 26.6. The van der Waals surface area contributed by atoms with E-state index in [0.717, 1.165) is 50.8 Å². The first-order chi connectivity index (χ1) is 15.0. The van der Waals surface area contributed by atoms with E-state index in [1.165, 1.54) is 16.7 Å². The van der Waals surface area contributed by atoms with Crippen molar-refractivity contribution < 1.29 is 9.47 Å². The predicted molar refractivity (Wildman–Crippen MR) is 139 cm³/mol. The summed E-state index contributed by atoms with van der Waals surface area (Å²) in [5.74, 6) is 1.26. The van der Waals surface area contributed by atoms with Gasteiger partial charge in [0.15, 0.2) is 5.96 Å². The Hall–Kier alpha value is -1.65. The van der Waals surface area contributed by atoms with Crippen molar-refractivity contribution in [3.8, 4) is 0 Å². The maximum Gasteiger partial charge on any atom is 0.193 e. The van der Waals surface area contributed by atoms with Crippen molar-refractivity contribution in [2.45, 2.75) is 58.4 Å². The second-order valence-corrected chi connectivity index (χ2v) is 8.56. The number of guanidine groups is 1. The highest BCUT2D eigenvalue weighted by atomic mass is 127. The van der Waals surface area contributed by atoms with Gasteiger partial charge in [0.25, 0.3) is 0 Å². The van der Waals surface area contributed by atoms with Gasteiger partial charge in [-0.05, 0) is 29.9 Å². The number of benzene rings is 1. The van der Waals surface area contributed by atoms with E-state index >= 15 is 0 Å². The summed E-state index contributed by atoms with van der Waals surface area (Å²) in [4.78, 5) is 6.59. The molecule has 1 aliphatic rings. The van der Waals surface area contributed by atoms with E-state index in [2.05, 4.69) is 71.7 Å². The van der Waals surface area contributed by atoms with E-state index in [1.807, 2.05) is 18.8 Å². The Morgan fingerprint density at radius 1 is 1.25 bits per heavy atom. The van der Waals surface area contributed by atoms with Gasteiger partial charge in [-0.25, -0.2) is 0 Å². The standard InChI is InChI=1S/C24H37N5O2.HI/c1-18(2)23-21(16-29(5)27-23)15-28(4)24(25-3)26-14-19-6-8-20(9-7-19)17-31-22-10-12-30-13-11-22;/h6-9,16,18,22H,10-15,17H2,1-5H3,(H,25,26);1H. The molecule has 0 unspecified atom stereocenters. The Morgan fingerprint density at radius 3 is 2.53 bits per heavy atom. The summed E-state index contributed by atoms with van der Waals surface area (Å²) in [6, 6.07) is 8.60. The third-order valence-corrected chi connectivity index (χ3v) is 5.59. The van der Waals surface area contributed by atoms with Crippen LogP contribution in [0.1, 0.15) is 55.0 Å². The first-order valence-electron chi connectivity index (χ1n) is 11.2. The summed E-state index contributed by atoms with van der Waals surface area (Å²) in [5, 5.41) is 8.08. The molecule has 1 aliphatic heterocycles.